The van der Waals surface area contributed by atoms with Crippen molar-refractivity contribution < 1.29 is 18.8 Å². The Bertz CT molecular complexity index is 807. The Labute approximate surface area is 119 Å². The van der Waals surface area contributed by atoms with Crippen molar-refractivity contribution in [2.24, 2.45) is 0 Å². The van der Waals surface area contributed by atoms with Crippen LogP contribution in [0.4, 0.5) is 0 Å². The van der Waals surface area contributed by atoms with Gasteiger partial charge in [-0.3, -0.25) is 4.79 Å². The second-order valence-corrected chi connectivity index (χ2v) is 4.50. The molecule has 0 bridgehead atoms. The molecule has 21 heavy (non-hydrogen) atoms. The zero-order valence-electron chi connectivity index (χ0n) is 11.9. The van der Waals surface area contributed by atoms with E-state index >= 15 is 0 Å². The number of aromatic nitrogens is 2. The minimum absolute atomic E-state index is 0.0221. The molecule has 0 fully saturated rings. The van der Waals surface area contributed by atoms with Gasteiger partial charge in [-0.05, 0) is 26.0 Å². The molecule has 0 aliphatic carbocycles. The Morgan fingerprint density at radius 3 is 2.62 bits per heavy atom. The third-order valence-corrected chi connectivity index (χ3v) is 3.11. The zero-order chi connectivity index (χ0) is 15.7. The molecule has 7 nitrogen and oxygen atoms in total. The molecule has 7 heteroatoms. The van der Waals surface area contributed by atoms with Gasteiger partial charge in [-0.25, -0.2) is 4.79 Å². The van der Waals surface area contributed by atoms with Gasteiger partial charge < -0.3 is 14.7 Å². The van der Waals surface area contributed by atoms with Gasteiger partial charge in [0.1, 0.15) is 5.52 Å². The van der Waals surface area contributed by atoms with Crippen LogP contribution in [0.2, 0.25) is 0 Å². The number of ether oxygens (including phenoxy) is 1. The van der Waals surface area contributed by atoms with E-state index in [9.17, 15) is 19.7 Å². The van der Waals surface area contributed by atoms with E-state index in [-0.39, 0.29) is 34.6 Å². The summed E-state index contributed by atoms with van der Waals surface area (Å²) in [5.41, 5.74) is -0.0356. The molecule has 0 atom stereocenters. The average molecular weight is 290 g/mol. The molecule has 0 amide bonds. The van der Waals surface area contributed by atoms with Crippen molar-refractivity contribution >= 4 is 22.8 Å². The molecule has 110 valence electrons. The number of ketones is 1. The monoisotopic (exact) mass is 290 g/mol. The molecule has 0 N–H and O–H groups in total. The van der Waals surface area contributed by atoms with Gasteiger partial charge in [-0.2, -0.15) is 0 Å². The predicted octanol–water partition coefficient (Wildman–Crippen LogP) is 1.59. The molecule has 0 aliphatic rings. The third kappa shape index (κ3) is 2.37. The quantitative estimate of drug-likeness (QED) is 0.486. The number of benzene rings is 1. The van der Waals surface area contributed by atoms with Crippen molar-refractivity contribution in [1.82, 2.24) is 4.73 Å². The number of nitrogens with zero attached hydrogens (tertiary/aromatic N) is 2. The number of rotatable bonds is 3. The Morgan fingerprint density at radius 1 is 1.38 bits per heavy atom. The third-order valence-electron chi connectivity index (χ3n) is 3.11. The number of carbonyl (C=O) groups is 2. The molecule has 1 heterocycles. The summed E-state index contributed by atoms with van der Waals surface area (Å²) in [5.74, 6) is -1.11. The van der Waals surface area contributed by atoms with Gasteiger partial charge >= 0.3 is 11.7 Å². The van der Waals surface area contributed by atoms with Gasteiger partial charge in [-0.15, -0.1) is 0 Å². The fraction of sp³-hybridized carbons (Fsp3) is 0.286. The van der Waals surface area contributed by atoms with Crippen LogP contribution >= 0.6 is 0 Å². The summed E-state index contributed by atoms with van der Waals surface area (Å²) in [5, 5.41) is 12.1. The van der Waals surface area contributed by atoms with Crippen LogP contribution in [-0.4, -0.2) is 23.1 Å². The summed E-state index contributed by atoms with van der Waals surface area (Å²) in [6.45, 7) is 4.46. The normalized spacial score (nSPS) is 10.6. The van der Waals surface area contributed by atoms with Gasteiger partial charge in [0.05, 0.1) is 22.3 Å². The van der Waals surface area contributed by atoms with Crippen LogP contribution in [0.5, 0.6) is 0 Å². The predicted molar refractivity (Wildman–Crippen MR) is 74.8 cm³/mol. The van der Waals surface area contributed by atoms with Crippen LogP contribution in [0.15, 0.2) is 18.2 Å². The van der Waals surface area contributed by atoms with Crippen molar-refractivity contribution in [1.29, 1.82) is 0 Å². The smallest absolute Gasteiger partial charge is 0.338 e. The highest BCUT2D eigenvalue weighted by molar-refractivity contribution is 5.95. The highest BCUT2D eigenvalue weighted by Gasteiger charge is 2.24. The van der Waals surface area contributed by atoms with E-state index in [0.29, 0.717) is 9.16 Å². The molecule has 2 rings (SSSR count). The van der Waals surface area contributed by atoms with Crippen LogP contribution < -0.4 is 4.43 Å². The molecule has 1 aromatic heterocycles. The Balaban J connectivity index is 2.81. The first-order valence-electron chi connectivity index (χ1n) is 6.36. The van der Waals surface area contributed by atoms with Gasteiger partial charge in [0.2, 0.25) is 5.78 Å². The average Bonchev–Trinajstić information content (AvgIpc) is 2.44. The van der Waals surface area contributed by atoms with Crippen molar-refractivity contribution in [2.75, 3.05) is 6.61 Å². The summed E-state index contributed by atoms with van der Waals surface area (Å²) >= 11 is 0. The number of Topliss-reactive ketones (excluding diaryl/α,β-unsaturated/α-hetero) is 1. The van der Waals surface area contributed by atoms with E-state index in [1.54, 1.807) is 6.92 Å². The van der Waals surface area contributed by atoms with Crippen LogP contribution in [-0.2, 0) is 4.74 Å². The van der Waals surface area contributed by atoms with Crippen molar-refractivity contribution in [3.63, 3.8) is 0 Å². The van der Waals surface area contributed by atoms with Gasteiger partial charge in [0, 0.05) is 17.9 Å². The van der Waals surface area contributed by atoms with E-state index < -0.39 is 11.8 Å². The molecule has 1 aromatic carbocycles. The molecule has 0 saturated heterocycles. The van der Waals surface area contributed by atoms with Crippen LogP contribution in [0.25, 0.3) is 11.0 Å². The summed E-state index contributed by atoms with van der Waals surface area (Å²) in [6.07, 6.45) is 0. The lowest BCUT2D eigenvalue weighted by molar-refractivity contribution is -0.468. The Morgan fingerprint density at radius 2 is 2.05 bits per heavy atom. The lowest BCUT2D eigenvalue weighted by atomic mass is 10.1. The number of carbonyl (C=O) groups excluding carboxylic acids is 2. The molecule has 0 spiro atoms. The first kappa shape index (κ1) is 14.7. The topological polar surface area (TPSA) is 94.3 Å². The van der Waals surface area contributed by atoms with E-state index in [0.717, 1.165) is 0 Å². The SMILES string of the molecule is CCOC(=O)c1ccc2c(c1)[n+](=O)c(C(C)=O)c(C)n2[O-]. The highest BCUT2D eigenvalue weighted by Crippen LogP contribution is 2.16. The number of esters is 1. The maximum absolute atomic E-state index is 12.3. The highest BCUT2D eigenvalue weighted by atomic mass is 16.5. The second kappa shape index (κ2) is 5.35. The van der Waals surface area contributed by atoms with Crippen molar-refractivity contribution in [3.8, 4) is 0 Å². The molecule has 0 unspecified atom stereocenters. The second-order valence-electron chi connectivity index (χ2n) is 4.50. The summed E-state index contributed by atoms with van der Waals surface area (Å²) in [6, 6.07) is 4.02. The molecule has 0 saturated carbocycles. The molecule has 0 aliphatic heterocycles. The number of hydrogen-bond acceptors (Lipinski definition) is 5. The lowest BCUT2D eigenvalue weighted by Gasteiger charge is -2.16. The van der Waals surface area contributed by atoms with Crippen molar-refractivity contribution in [2.45, 2.75) is 20.8 Å². The fourth-order valence-corrected chi connectivity index (χ4v) is 2.14. The molecule has 0 radical (unpaired) electrons. The summed E-state index contributed by atoms with van der Waals surface area (Å²) in [4.78, 5) is 35.5. The first-order valence-corrected chi connectivity index (χ1v) is 6.36. The Hall–Kier alpha value is -2.70. The zero-order valence-corrected chi connectivity index (χ0v) is 11.9. The molecular weight excluding hydrogens is 276 g/mol. The molecule has 2 aromatic rings. The van der Waals surface area contributed by atoms with E-state index in [4.69, 9.17) is 4.74 Å². The van der Waals surface area contributed by atoms with Gasteiger partial charge in [0.15, 0.2) is 0 Å². The fourth-order valence-electron chi connectivity index (χ4n) is 2.14. The van der Waals surface area contributed by atoms with Crippen LogP contribution in [0, 0.1) is 17.0 Å². The van der Waals surface area contributed by atoms with Crippen molar-refractivity contribution in [3.05, 3.63) is 45.3 Å². The summed E-state index contributed by atoms with van der Waals surface area (Å²) < 4.78 is 5.73. The van der Waals surface area contributed by atoms with Crippen LogP contribution in [0.1, 0.15) is 40.4 Å². The number of fused-ring (bicyclic) bond motifs is 1. The van der Waals surface area contributed by atoms with E-state index in [1.807, 2.05) is 0 Å². The van der Waals surface area contributed by atoms with E-state index in [2.05, 4.69) is 0 Å². The summed E-state index contributed by atoms with van der Waals surface area (Å²) in [7, 11) is 0. The maximum Gasteiger partial charge on any atom is 0.338 e. The first-order chi connectivity index (χ1) is 9.88. The van der Waals surface area contributed by atoms with Gasteiger partial charge in [-0.1, -0.05) is 0 Å². The Kier molecular flexibility index (Phi) is 3.75. The lowest BCUT2D eigenvalue weighted by Crippen LogP contribution is -2.29. The minimum atomic E-state index is -0.596. The van der Waals surface area contributed by atoms with E-state index in [1.165, 1.54) is 32.0 Å². The largest absolute Gasteiger partial charge is 0.805 e. The molecular formula is C14H14N2O5. The standard InChI is InChI=1S/C14H14N2O5/c1-4-21-14(18)10-5-6-11-12(7-10)16(20)13(9(3)17)8(2)15(11)19/h5-7H,4H2,1-3H3. The number of hydrogen-bond donors (Lipinski definition) is 0. The maximum atomic E-state index is 12.3. The minimum Gasteiger partial charge on any atom is -0.805 e. The van der Waals surface area contributed by atoms with Gasteiger partial charge in [0.25, 0.3) is 5.52 Å². The van der Waals surface area contributed by atoms with Crippen LogP contribution in [0.3, 0.4) is 0 Å².